The Balaban J connectivity index is 2.43. The van der Waals surface area contributed by atoms with Crippen LogP contribution in [0.3, 0.4) is 0 Å². The van der Waals surface area contributed by atoms with E-state index >= 15 is 0 Å². The normalized spacial score (nSPS) is 13.3. The number of nitrogens with one attached hydrogen (secondary N) is 1. The Hall–Kier alpha value is -3.04. The van der Waals surface area contributed by atoms with Crippen molar-refractivity contribution < 1.29 is 14.6 Å². The summed E-state index contributed by atoms with van der Waals surface area (Å²) in [5.74, 6) is -0.289. The van der Waals surface area contributed by atoms with E-state index in [4.69, 9.17) is 10.00 Å². The van der Waals surface area contributed by atoms with Crippen LogP contribution in [0.1, 0.15) is 50.8 Å². The van der Waals surface area contributed by atoms with Crippen molar-refractivity contribution in [2.24, 2.45) is 5.41 Å². The third-order valence-electron chi connectivity index (χ3n) is 5.51. The van der Waals surface area contributed by atoms with Gasteiger partial charge in [0.15, 0.2) is 5.54 Å². The molecule has 0 spiro atoms. The number of hydrogen-bond acceptors (Lipinski definition) is 5. The number of hydrogen-bond donors (Lipinski definition) is 2. The van der Waals surface area contributed by atoms with Crippen molar-refractivity contribution in [1.29, 1.82) is 5.26 Å². The smallest absolute Gasteiger partial charge is 0.334 e. The average Bonchev–Trinajstić information content (AvgIpc) is 2.75. The van der Waals surface area contributed by atoms with Gasteiger partial charge in [-0.15, -0.1) is 0 Å². The third kappa shape index (κ3) is 6.24. The first kappa shape index (κ1) is 25.2. The second kappa shape index (κ2) is 10.5. The van der Waals surface area contributed by atoms with E-state index in [1.165, 1.54) is 0 Å². The largest absolute Gasteiger partial charge is 0.493 e. The van der Waals surface area contributed by atoms with Gasteiger partial charge in [0, 0.05) is 17.6 Å². The second-order valence-electron chi connectivity index (χ2n) is 9.29. The maximum atomic E-state index is 12.6. The molecule has 2 N–H and O–H groups in total. The minimum Gasteiger partial charge on any atom is -0.493 e. The van der Waals surface area contributed by atoms with Gasteiger partial charge in [-0.05, 0) is 74.5 Å². The van der Waals surface area contributed by atoms with Crippen molar-refractivity contribution >= 4 is 11.7 Å². The number of carboxylic acid groups (broad SMARTS) is 1. The predicted octanol–water partition coefficient (Wildman–Crippen LogP) is 4.89. The zero-order chi connectivity index (χ0) is 23.9. The van der Waals surface area contributed by atoms with Gasteiger partial charge in [0.05, 0.1) is 18.2 Å². The predicted molar refractivity (Wildman–Crippen MR) is 128 cm³/mol. The summed E-state index contributed by atoms with van der Waals surface area (Å²) in [5, 5.41) is 22.5. The number of anilines is 1. The van der Waals surface area contributed by atoms with E-state index in [2.05, 4.69) is 30.1 Å². The van der Waals surface area contributed by atoms with Crippen LogP contribution in [0.25, 0.3) is 0 Å². The van der Waals surface area contributed by atoms with Crippen LogP contribution in [-0.2, 0) is 16.8 Å². The highest BCUT2D eigenvalue weighted by Crippen LogP contribution is 2.34. The fourth-order valence-corrected chi connectivity index (χ4v) is 3.94. The topological polar surface area (TPSA) is 85.6 Å². The van der Waals surface area contributed by atoms with E-state index in [0.717, 1.165) is 18.5 Å². The van der Waals surface area contributed by atoms with Gasteiger partial charge in [0.1, 0.15) is 5.75 Å². The lowest BCUT2D eigenvalue weighted by molar-refractivity contribution is -0.142. The molecule has 2 aromatic carbocycles. The molecule has 1 atom stereocenters. The van der Waals surface area contributed by atoms with Gasteiger partial charge in [-0.25, -0.2) is 4.79 Å². The first-order chi connectivity index (χ1) is 15.0. The van der Waals surface area contributed by atoms with Crippen LogP contribution in [0.15, 0.2) is 42.5 Å². The highest BCUT2D eigenvalue weighted by molar-refractivity contribution is 5.85. The first-order valence-electron chi connectivity index (χ1n) is 11.0. The summed E-state index contributed by atoms with van der Waals surface area (Å²) < 4.78 is 6.17. The average molecular weight is 438 g/mol. The monoisotopic (exact) mass is 437 g/mol. The van der Waals surface area contributed by atoms with E-state index < -0.39 is 11.5 Å². The maximum absolute atomic E-state index is 12.6. The molecule has 0 aliphatic rings. The number of nitriles is 1. The Labute approximate surface area is 191 Å². The van der Waals surface area contributed by atoms with Crippen molar-refractivity contribution in [1.82, 2.24) is 4.90 Å². The van der Waals surface area contributed by atoms with Crippen LogP contribution in [-0.4, -0.2) is 43.2 Å². The van der Waals surface area contributed by atoms with Crippen molar-refractivity contribution in [2.45, 2.75) is 46.1 Å². The quantitative estimate of drug-likeness (QED) is 0.521. The number of carbonyl (C=O) groups is 1. The fraction of sp³-hybridized carbons (Fsp3) is 0.462. The molecule has 32 heavy (non-hydrogen) atoms. The van der Waals surface area contributed by atoms with Gasteiger partial charge >= 0.3 is 5.97 Å². The Morgan fingerprint density at radius 1 is 1.16 bits per heavy atom. The molecule has 1 unspecified atom stereocenters. The second-order valence-corrected chi connectivity index (χ2v) is 9.29. The molecule has 172 valence electrons. The van der Waals surface area contributed by atoms with Crippen LogP contribution >= 0.6 is 0 Å². The van der Waals surface area contributed by atoms with Crippen molar-refractivity contribution in [2.75, 3.05) is 32.6 Å². The maximum Gasteiger partial charge on any atom is 0.334 e. The van der Waals surface area contributed by atoms with Gasteiger partial charge < -0.3 is 20.1 Å². The van der Waals surface area contributed by atoms with E-state index in [-0.39, 0.29) is 5.41 Å². The van der Waals surface area contributed by atoms with Gasteiger partial charge in [-0.1, -0.05) is 33.8 Å². The van der Waals surface area contributed by atoms with Gasteiger partial charge in [-0.2, -0.15) is 5.26 Å². The third-order valence-corrected chi connectivity index (χ3v) is 5.51. The van der Waals surface area contributed by atoms with Crippen molar-refractivity contribution in [3.05, 3.63) is 59.2 Å². The molecule has 0 saturated carbocycles. The molecular formula is C26H35N3O3. The van der Waals surface area contributed by atoms with E-state index in [9.17, 15) is 9.90 Å². The number of benzene rings is 2. The lowest BCUT2D eigenvalue weighted by Crippen LogP contribution is -2.43. The highest BCUT2D eigenvalue weighted by atomic mass is 16.5. The summed E-state index contributed by atoms with van der Waals surface area (Å²) in [5.41, 5.74) is 1.46. The zero-order valence-corrected chi connectivity index (χ0v) is 20.0. The van der Waals surface area contributed by atoms with Crippen LogP contribution < -0.4 is 10.1 Å². The molecule has 0 heterocycles. The molecule has 6 nitrogen and oxygen atoms in total. The molecule has 0 aliphatic carbocycles. The highest BCUT2D eigenvalue weighted by Gasteiger charge is 2.39. The number of aryl methyl sites for hydroxylation is 1. The molecule has 2 aromatic rings. The SMILES string of the molecule is CCc1cc(OCC(C)(C)CN(C)C)cc(C(CC)(Nc2ccc(C#N)cc2)C(=O)O)c1. The molecule has 0 amide bonds. The molecule has 0 saturated heterocycles. The standard InChI is InChI=1S/C26H35N3O3/c1-7-19-13-21(15-23(14-19)32-18-25(3,4)17-29(5)6)26(8-2,24(30)31)28-22-11-9-20(16-27)10-12-22/h9-15,28H,7-8,17-18H2,1-6H3,(H,30,31). The minimum atomic E-state index is -1.32. The summed E-state index contributed by atoms with van der Waals surface area (Å²) in [4.78, 5) is 14.7. The van der Waals surface area contributed by atoms with E-state index in [1.54, 1.807) is 24.3 Å². The fourth-order valence-electron chi connectivity index (χ4n) is 3.94. The summed E-state index contributed by atoms with van der Waals surface area (Å²) in [7, 11) is 4.07. The van der Waals surface area contributed by atoms with Crippen molar-refractivity contribution in [3.8, 4) is 11.8 Å². The molecule has 0 bridgehead atoms. The Bertz CT molecular complexity index is 961. The number of carboxylic acids is 1. The zero-order valence-electron chi connectivity index (χ0n) is 20.0. The Morgan fingerprint density at radius 3 is 2.31 bits per heavy atom. The lowest BCUT2D eigenvalue weighted by atomic mass is 9.85. The van der Waals surface area contributed by atoms with E-state index in [1.807, 2.05) is 46.1 Å². The molecule has 0 radical (unpaired) electrons. The Kier molecular flexibility index (Phi) is 8.29. The molecule has 2 rings (SSSR count). The summed E-state index contributed by atoms with van der Waals surface area (Å²) >= 11 is 0. The summed E-state index contributed by atoms with van der Waals surface area (Å²) in [6, 6.07) is 14.7. The summed E-state index contributed by atoms with van der Waals surface area (Å²) in [6.45, 7) is 9.59. The van der Waals surface area contributed by atoms with Crippen LogP contribution in [0.2, 0.25) is 0 Å². The van der Waals surface area contributed by atoms with Crippen LogP contribution in [0, 0.1) is 16.7 Å². The molecule has 0 aliphatic heterocycles. The number of ether oxygens (including phenoxy) is 1. The number of nitrogens with zero attached hydrogens (tertiary/aromatic N) is 2. The number of rotatable bonds is 11. The van der Waals surface area contributed by atoms with Crippen LogP contribution in [0.5, 0.6) is 5.75 Å². The minimum absolute atomic E-state index is 0.0543. The summed E-state index contributed by atoms with van der Waals surface area (Å²) in [6.07, 6.45) is 1.10. The first-order valence-corrected chi connectivity index (χ1v) is 11.0. The van der Waals surface area contributed by atoms with Gasteiger partial charge in [0.25, 0.3) is 0 Å². The van der Waals surface area contributed by atoms with Crippen LogP contribution in [0.4, 0.5) is 5.69 Å². The Morgan fingerprint density at radius 2 is 1.81 bits per heavy atom. The van der Waals surface area contributed by atoms with Crippen molar-refractivity contribution in [3.63, 3.8) is 0 Å². The van der Waals surface area contributed by atoms with Gasteiger partial charge in [-0.3, -0.25) is 0 Å². The molecule has 6 heteroatoms. The van der Waals surface area contributed by atoms with Gasteiger partial charge in [0.2, 0.25) is 0 Å². The van der Waals surface area contributed by atoms with E-state index in [0.29, 0.717) is 35.6 Å². The molecular weight excluding hydrogens is 402 g/mol. The molecule has 0 aromatic heterocycles. The lowest BCUT2D eigenvalue weighted by Gasteiger charge is -2.32. The molecule has 0 fully saturated rings. The number of aliphatic carboxylic acids is 1.